The molecule has 3 aromatic rings. The molecule has 0 fully saturated rings. The maximum atomic E-state index is 13.3. The molecular weight excluding hydrogens is 371 g/mol. The van der Waals surface area contributed by atoms with E-state index in [2.05, 4.69) is 10.3 Å². The Morgan fingerprint density at radius 1 is 1.18 bits per heavy atom. The Morgan fingerprint density at radius 3 is 2.57 bits per heavy atom. The lowest BCUT2D eigenvalue weighted by Crippen LogP contribution is -2.38. The monoisotopic (exact) mass is 389 g/mol. The highest BCUT2D eigenvalue weighted by molar-refractivity contribution is 5.83. The van der Waals surface area contributed by atoms with Gasteiger partial charge in [-0.05, 0) is 31.5 Å². The minimum absolute atomic E-state index is 0.00670. The quantitative estimate of drug-likeness (QED) is 0.742. The predicted molar refractivity (Wildman–Crippen MR) is 98.7 cm³/mol. The molecule has 8 heteroatoms. The van der Waals surface area contributed by atoms with E-state index in [-0.39, 0.29) is 17.6 Å². The fourth-order valence-electron chi connectivity index (χ4n) is 3.00. The molecule has 5 nitrogen and oxygen atoms in total. The van der Waals surface area contributed by atoms with Gasteiger partial charge in [0.15, 0.2) is 0 Å². The van der Waals surface area contributed by atoms with Crippen LogP contribution < -0.4 is 10.9 Å². The van der Waals surface area contributed by atoms with Gasteiger partial charge in [-0.25, -0.2) is 4.98 Å². The van der Waals surface area contributed by atoms with E-state index < -0.39 is 29.4 Å². The van der Waals surface area contributed by atoms with Crippen molar-refractivity contribution in [2.75, 3.05) is 0 Å². The van der Waals surface area contributed by atoms with E-state index in [4.69, 9.17) is 0 Å². The third kappa shape index (κ3) is 3.90. The van der Waals surface area contributed by atoms with Crippen LogP contribution in [0.25, 0.3) is 11.0 Å². The summed E-state index contributed by atoms with van der Waals surface area (Å²) in [5.74, 6) is -0.562. The van der Waals surface area contributed by atoms with Crippen LogP contribution in [0.1, 0.15) is 29.8 Å². The Labute approximate surface area is 158 Å². The number of amides is 1. The molecule has 146 valence electrons. The molecule has 3 rings (SSSR count). The maximum Gasteiger partial charge on any atom is 0.438 e. The summed E-state index contributed by atoms with van der Waals surface area (Å²) in [5, 5.41) is 2.67. The van der Waals surface area contributed by atoms with Crippen LogP contribution in [0, 0.1) is 6.92 Å². The van der Waals surface area contributed by atoms with Crippen LogP contribution in [0.15, 0.2) is 53.3 Å². The number of para-hydroxylation sites is 2. The van der Waals surface area contributed by atoms with Crippen molar-refractivity contribution in [3.05, 3.63) is 75.7 Å². The van der Waals surface area contributed by atoms with Gasteiger partial charge in [0.1, 0.15) is 6.04 Å². The lowest BCUT2D eigenvalue weighted by molar-refractivity contribution is -0.142. The average Bonchev–Trinajstić information content (AvgIpc) is 2.64. The van der Waals surface area contributed by atoms with Gasteiger partial charge < -0.3 is 5.32 Å². The van der Waals surface area contributed by atoms with Gasteiger partial charge in [0, 0.05) is 6.54 Å². The van der Waals surface area contributed by atoms with E-state index in [9.17, 15) is 22.8 Å². The lowest BCUT2D eigenvalue weighted by atomic mass is 10.1. The molecule has 1 unspecified atom stereocenters. The van der Waals surface area contributed by atoms with Crippen molar-refractivity contribution in [1.29, 1.82) is 0 Å². The number of nitrogens with one attached hydrogen (secondary N) is 1. The summed E-state index contributed by atoms with van der Waals surface area (Å²) in [6, 6.07) is 12.3. The summed E-state index contributed by atoms with van der Waals surface area (Å²) < 4.78 is 40.6. The largest absolute Gasteiger partial charge is 0.438 e. The molecule has 0 aliphatic rings. The van der Waals surface area contributed by atoms with Crippen LogP contribution in [0.5, 0.6) is 0 Å². The highest BCUT2D eigenvalue weighted by Crippen LogP contribution is 2.27. The lowest BCUT2D eigenvalue weighted by Gasteiger charge is -2.19. The van der Waals surface area contributed by atoms with Crippen LogP contribution in [0.2, 0.25) is 0 Å². The second-order valence-electron chi connectivity index (χ2n) is 6.50. The number of halogens is 3. The Balaban J connectivity index is 1.98. The number of nitrogens with zero attached hydrogens (tertiary/aromatic N) is 2. The summed E-state index contributed by atoms with van der Waals surface area (Å²) in [4.78, 5) is 28.5. The molecule has 0 aliphatic carbocycles. The van der Waals surface area contributed by atoms with Crippen molar-refractivity contribution in [1.82, 2.24) is 14.9 Å². The average molecular weight is 389 g/mol. The molecular formula is C20H18F3N3O2. The van der Waals surface area contributed by atoms with Crippen LogP contribution in [-0.2, 0) is 17.5 Å². The molecule has 0 aliphatic heterocycles. The molecule has 1 N–H and O–H groups in total. The van der Waals surface area contributed by atoms with E-state index in [1.807, 2.05) is 31.2 Å². The van der Waals surface area contributed by atoms with Crippen molar-refractivity contribution in [3.8, 4) is 0 Å². The van der Waals surface area contributed by atoms with Crippen molar-refractivity contribution in [2.45, 2.75) is 32.6 Å². The van der Waals surface area contributed by atoms with E-state index in [0.29, 0.717) is 0 Å². The molecule has 0 saturated heterocycles. The minimum Gasteiger partial charge on any atom is -0.350 e. The second kappa shape index (κ2) is 7.46. The van der Waals surface area contributed by atoms with Gasteiger partial charge in [-0.15, -0.1) is 0 Å². The van der Waals surface area contributed by atoms with Crippen molar-refractivity contribution in [2.24, 2.45) is 0 Å². The number of benzene rings is 2. The number of carbonyl (C=O) groups excluding carboxylic acids is 1. The number of hydrogen-bond acceptors (Lipinski definition) is 3. The number of alkyl halides is 3. The molecule has 0 saturated carbocycles. The molecule has 0 spiro atoms. The van der Waals surface area contributed by atoms with Crippen LogP contribution in [0.3, 0.4) is 0 Å². The summed E-state index contributed by atoms with van der Waals surface area (Å²) in [6.07, 6.45) is -4.92. The van der Waals surface area contributed by atoms with E-state index in [0.717, 1.165) is 15.7 Å². The maximum absolute atomic E-state index is 13.3. The third-order valence-corrected chi connectivity index (χ3v) is 4.38. The highest BCUT2D eigenvalue weighted by atomic mass is 19.4. The van der Waals surface area contributed by atoms with E-state index in [1.165, 1.54) is 25.1 Å². The summed E-state index contributed by atoms with van der Waals surface area (Å²) >= 11 is 0. The zero-order valence-corrected chi connectivity index (χ0v) is 15.2. The summed E-state index contributed by atoms with van der Waals surface area (Å²) in [7, 11) is 0. The normalized spacial score (nSPS) is 12.8. The summed E-state index contributed by atoms with van der Waals surface area (Å²) in [6.45, 7) is 3.50. The molecule has 2 aromatic carbocycles. The van der Waals surface area contributed by atoms with Gasteiger partial charge in [-0.1, -0.05) is 42.0 Å². The Hall–Kier alpha value is -3.16. The molecule has 0 radical (unpaired) electrons. The highest BCUT2D eigenvalue weighted by Gasteiger charge is 2.38. The third-order valence-electron chi connectivity index (χ3n) is 4.38. The first kappa shape index (κ1) is 19.6. The molecule has 0 bridgehead atoms. The van der Waals surface area contributed by atoms with Gasteiger partial charge in [0.05, 0.1) is 11.0 Å². The number of aromatic nitrogens is 2. The van der Waals surface area contributed by atoms with E-state index in [1.54, 1.807) is 6.07 Å². The first-order valence-electron chi connectivity index (χ1n) is 8.60. The zero-order valence-electron chi connectivity index (χ0n) is 15.2. The molecule has 1 aromatic heterocycles. The Bertz CT molecular complexity index is 1090. The first-order valence-corrected chi connectivity index (χ1v) is 8.60. The van der Waals surface area contributed by atoms with Crippen LogP contribution >= 0.6 is 0 Å². The predicted octanol–water partition coefficient (Wildman–Crippen LogP) is 3.60. The van der Waals surface area contributed by atoms with Crippen LogP contribution in [0.4, 0.5) is 13.2 Å². The van der Waals surface area contributed by atoms with Crippen molar-refractivity contribution in [3.63, 3.8) is 0 Å². The second-order valence-corrected chi connectivity index (χ2v) is 6.50. The number of carbonyl (C=O) groups is 1. The van der Waals surface area contributed by atoms with Gasteiger partial charge in [-0.3, -0.25) is 14.2 Å². The van der Waals surface area contributed by atoms with Crippen LogP contribution in [-0.4, -0.2) is 15.5 Å². The fourth-order valence-corrected chi connectivity index (χ4v) is 3.00. The molecule has 28 heavy (non-hydrogen) atoms. The topological polar surface area (TPSA) is 64.0 Å². The van der Waals surface area contributed by atoms with Gasteiger partial charge >= 0.3 is 6.18 Å². The van der Waals surface area contributed by atoms with Crippen molar-refractivity contribution < 1.29 is 18.0 Å². The molecule has 1 amide bonds. The van der Waals surface area contributed by atoms with Gasteiger partial charge in [-0.2, -0.15) is 13.2 Å². The van der Waals surface area contributed by atoms with Crippen molar-refractivity contribution >= 4 is 16.9 Å². The smallest absolute Gasteiger partial charge is 0.350 e. The van der Waals surface area contributed by atoms with E-state index >= 15 is 0 Å². The molecule has 1 atom stereocenters. The standard InChI is InChI=1S/C20H18F3N3O2/c1-12-6-5-7-14(10-12)11-24-18(27)13(2)26-16-9-4-3-8-15(16)25-17(19(26)28)20(21,22)23/h3-10,13H,11H2,1-2H3,(H,24,27). The summed E-state index contributed by atoms with van der Waals surface area (Å²) in [5.41, 5.74) is -0.852. The Morgan fingerprint density at radius 2 is 1.89 bits per heavy atom. The van der Waals surface area contributed by atoms with Gasteiger partial charge in [0.25, 0.3) is 5.56 Å². The zero-order chi connectivity index (χ0) is 20.5. The Kier molecular flexibility index (Phi) is 5.22. The number of hydrogen-bond donors (Lipinski definition) is 1. The SMILES string of the molecule is Cc1cccc(CNC(=O)C(C)n2c(=O)c(C(F)(F)F)nc3ccccc32)c1. The number of rotatable bonds is 4. The first-order chi connectivity index (χ1) is 13.2. The number of aryl methyl sites for hydroxylation is 1. The number of fused-ring (bicyclic) bond motifs is 1. The fraction of sp³-hybridized carbons (Fsp3) is 0.250. The minimum atomic E-state index is -4.92. The molecule has 1 heterocycles. The van der Waals surface area contributed by atoms with Gasteiger partial charge in [0.2, 0.25) is 11.6 Å².